The fourth-order valence-electron chi connectivity index (χ4n) is 2.66. The zero-order valence-corrected chi connectivity index (χ0v) is 11.6. The summed E-state index contributed by atoms with van der Waals surface area (Å²) < 4.78 is 40.2. The molecule has 1 amide bonds. The van der Waals surface area contributed by atoms with Crippen LogP contribution in [-0.2, 0) is 6.42 Å². The molecule has 0 unspecified atom stereocenters. The quantitative estimate of drug-likeness (QED) is 0.649. The number of nitrogens with zero attached hydrogens (tertiary/aromatic N) is 1. The van der Waals surface area contributed by atoms with E-state index in [-0.39, 0.29) is 0 Å². The van der Waals surface area contributed by atoms with Crippen molar-refractivity contribution in [2.24, 2.45) is 0 Å². The molecule has 0 radical (unpaired) electrons. The van der Waals surface area contributed by atoms with Crippen LogP contribution in [0.25, 0.3) is 0 Å². The third-order valence-corrected chi connectivity index (χ3v) is 3.73. The Morgan fingerprint density at radius 1 is 1.09 bits per heavy atom. The van der Waals surface area contributed by atoms with Crippen LogP contribution in [0.3, 0.4) is 0 Å². The van der Waals surface area contributed by atoms with Crippen molar-refractivity contribution in [2.75, 3.05) is 17.2 Å². The average Bonchev–Trinajstić information content (AvgIpc) is 2.51. The van der Waals surface area contributed by atoms with E-state index < -0.39 is 28.9 Å². The van der Waals surface area contributed by atoms with Crippen LogP contribution in [0.1, 0.15) is 22.3 Å². The molecule has 3 nitrogen and oxygen atoms in total. The van der Waals surface area contributed by atoms with E-state index >= 15 is 0 Å². The number of benzene rings is 2. The summed E-state index contributed by atoms with van der Waals surface area (Å²) in [6.07, 6.45) is 1.44. The highest BCUT2D eigenvalue weighted by Gasteiger charge is 2.27. The summed E-state index contributed by atoms with van der Waals surface area (Å²) in [5, 5.41) is 0. The predicted molar refractivity (Wildman–Crippen MR) is 77.2 cm³/mol. The molecule has 0 spiro atoms. The fourth-order valence-corrected chi connectivity index (χ4v) is 2.66. The zero-order valence-electron chi connectivity index (χ0n) is 11.6. The molecule has 2 aromatic rings. The normalized spacial score (nSPS) is 13.9. The van der Waals surface area contributed by atoms with Crippen LogP contribution in [-0.4, -0.2) is 12.5 Å². The number of fused-ring (bicyclic) bond motifs is 1. The number of amides is 1. The number of halogens is 3. The number of aryl methyl sites for hydroxylation is 1. The Labute approximate surface area is 125 Å². The first-order valence-corrected chi connectivity index (χ1v) is 6.83. The van der Waals surface area contributed by atoms with E-state index in [0.29, 0.717) is 24.3 Å². The maximum absolute atomic E-state index is 13.8. The molecule has 1 aliphatic rings. The van der Waals surface area contributed by atoms with Gasteiger partial charge in [0, 0.05) is 17.9 Å². The number of carbonyl (C=O) groups excluding carboxylic acids is 1. The van der Waals surface area contributed by atoms with Gasteiger partial charge < -0.3 is 10.6 Å². The van der Waals surface area contributed by atoms with E-state index in [1.807, 2.05) is 0 Å². The molecule has 2 N–H and O–H groups in total. The van der Waals surface area contributed by atoms with E-state index in [9.17, 15) is 18.0 Å². The lowest BCUT2D eigenvalue weighted by atomic mass is 10.00. The second-order valence-electron chi connectivity index (χ2n) is 5.17. The van der Waals surface area contributed by atoms with Gasteiger partial charge in [0.2, 0.25) is 0 Å². The second-order valence-corrected chi connectivity index (χ2v) is 5.17. The average molecular weight is 306 g/mol. The zero-order chi connectivity index (χ0) is 15.9. The number of hydrogen-bond acceptors (Lipinski definition) is 2. The lowest BCUT2D eigenvalue weighted by molar-refractivity contribution is 0.0980. The molecule has 0 fully saturated rings. The van der Waals surface area contributed by atoms with Crippen molar-refractivity contribution in [3.8, 4) is 0 Å². The molecule has 114 valence electrons. The highest BCUT2D eigenvalue weighted by molar-refractivity contribution is 6.07. The van der Waals surface area contributed by atoms with Crippen molar-refractivity contribution in [2.45, 2.75) is 12.8 Å². The maximum Gasteiger partial charge on any atom is 0.261 e. The van der Waals surface area contributed by atoms with E-state index in [4.69, 9.17) is 5.73 Å². The minimum atomic E-state index is -1.64. The second kappa shape index (κ2) is 5.36. The van der Waals surface area contributed by atoms with Gasteiger partial charge >= 0.3 is 0 Å². The van der Waals surface area contributed by atoms with Crippen molar-refractivity contribution in [3.63, 3.8) is 0 Å². The summed E-state index contributed by atoms with van der Waals surface area (Å²) >= 11 is 0. The highest BCUT2D eigenvalue weighted by atomic mass is 19.2. The minimum absolute atomic E-state index is 0.383. The Kier molecular flexibility index (Phi) is 3.52. The highest BCUT2D eigenvalue weighted by Crippen LogP contribution is 2.30. The van der Waals surface area contributed by atoms with E-state index in [1.54, 1.807) is 18.2 Å². The predicted octanol–water partition coefficient (Wildman–Crippen LogP) is 3.28. The summed E-state index contributed by atoms with van der Waals surface area (Å²) in [4.78, 5) is 13.9. The van der Waals surface area contributed by atoms with Gasteiger partial charge in [0.25, 0.3) is 5.91 Å². The molecule has 3 rings (SSSR count). The van der Waals surface area contributed by atoms with Crippen LogP contribution in [0.4, 0.5) is 24.5 Å². The first kappa shape index (κ1) is 14.4. The van der Waals surface area contributed by atoms with E-state index in [0.717, 1.165) is 24.1 Å². The Hall–Kier alpha value is -2.50. The van der Waals surface area contributed by atoms with Gasteiger partial charge in [-0.05, 0) is 48.7 Å². The molecule has 0 bridgehead atoms. The molecule has 2 aromatic carbocycles. The molecule has 1 aliphatic heterocycles. The van der Waals surface area contributed by atoms with Gasteiger partial charge in [-0.1, -0.05) is 0 Å². The molecule has 1 heterocycles. The third kappa shape index (κ3) is 2.30. The van der Waals surface area contributed by atoms with Crippen molar-refractivity contribution < 1.29 is 18.0 Å². The smallest absolute Gasteiger partial charge is 0.261 e. The first-order valence-electron chi connectivity index (χ1n) is 6.83. The van der Waals surface area contributed by atoms with Crippen molar-refractivity contribution >= 4 is 17.3 Å². The van der Waals surface area contributed by atoms with Crippen LogP contribution in [0.15, 0.2) is 30.3 Å². The van der Waals surface area contributed by atoms with Crippen LogP contribution in [0, 0.1) is 17.5 Å². The molecule has 22 heavy (non-hydrogen) atoms. The van der Waals surface area contributed by atoms with Gasteiger partial charge in [0.15, 0.2) is 17.5 Å². The van der Waals surface area contributed by atoms with Crippen molar-refractivity contribution in [3.05, 3.63) is 58.9 Å². The topological polar surface area (TPSA) is 46.3 Å². The molecule has 6 heteroatoms. The maximum atomic E-state index is 13.8. The summed E-state index contributed by atoms with van der Waals surface area (Å²) in [6, 6.07) is 6.79. The third-order valence-electron chi connectivity index (χ3n) is 3.73. The minimum Gasteiger partial charge on any atom is -0.399 e. The van der Waals surface area contributed by atoms with Gasteiger partial charge in [-0.25, -0.2) is 13.2 Å². The van der Waals surface area contributed by atoms with Crippen LogP contribution in [0.2, 0.25) is 0 Å². The van der Waals surface area contributed by atoms with Gasteiger partial charge in [0.05, 0.1) is 5.56 Å². The molecule has 0 saturated carbocycles. The summed E-state index contributed by atoms with van der Waals surface area (Å²) in [6.45, 7) is 0.383. The molecule has 0 aliphatic carbocycles. The van der Waals surface area contributed by atoms with Crippen LogP contribution >= 0.6 is 0 Å². The molecular weight excluding hydrogens is 293 g/mol. The van der Waals surface area contributed by atoms with Crippen LogP contribution < -0.4 is 10.6 Å². The van der Waals surface area contributed by atoms with Gasteiger partial charge in [-0.2, -0.15) is 0 Å². The number of carbonyl (C=O) groups is 1. The standard InChI is InChI=1S/C16H13F3N2O/c17-12-5-4-11(14(18)15(12)19)16(22)21-7-1-2-9-8-10(20)3-6-13(9)21/h3-6,8H,1-2,7,20H2. The first-order chi connectivity index (χ1) is 10.5. The number of rotatable bonds is 1. The van der Waals surface area contributed by atoms with Gasteiger partial charge in [0.1, 0.15) is 0 Å². The number of hydrogen-bond donors (Lipinski definition) is 1. The SMILES string of the molecule is Nc1ccc2c(c1)CCCN2C(=O)c1ccc(F)c(F)c1F. The number of anilines is 2. The largest absolute Gasteiger partial charge is 0.399 e. The van der Waals surface area contributed by atoms with Gasteiger partial charge in [-0.3, -0.25) is 4.79 Å². The summed E-state index contributed by atoms with van der Waals surface area (Å²) in [5.74, 6) is -5.11. The lowest BCUT2D eigenvalue weighted by Crippen LogP contribution is -2.36. The Morgan fingerprint density at radius 2 is 1.86 bits per heavy atom. The monoisotopic (exact) mass is 306 g/mol. The fraction of sp³-hybridized carbons (Fsp3) is 0.188. The summed E-state index contributed by atoms with van der Waals surface area (Å²) in [5.41, 5.74) is 7.31. The Balaban J connectivity index is 2.03. The summed E-state index contributed by atoms with van der Waals surface area (Å²) in [7, 11) is 0. The molecule has 0 atom stereocenters. The Bertz CT molecular complexity index is 761. The molecular formula is C16H13F3N2O. The van der Waals surface area contributed by atoms with Gasteiger partial charge in [-0.15, -0.1) is 0 Å². The van der Waals surface area contributed by atoms with Crippen molar-refractivity contribution in [1.29, 1.82) is 0 Å². The Morgan fingerprint density at radius 3 is 2.64 bits per heavy atom. The van der Waals surface area contributed by atoms with Crippen molar-refractivity contribution in [1.82, 2.24) is 0 Å². The van der Waals surface area contributed by atoms with E-state index in [1.165, 1.54) is 4.90 Å². The van der Waals surface area contributed by atoms with E-state index in [2.05, 4.69) is 0 Å². The number of nitrogen functional groups attached to an aromatic ring is 1. The molecule has 0 saturated heterocycles. The lowest BCUT2D eigenvalue weighted by Gasteiger charge is -2.30. The van der Waals surface area contributed by atoms with Crippen LogP contribution in [0.5, 0.6) is 0 Å². The molecule has 0 aromatic heterocycles. The number of nitrogens with two attached hydrogens (primary N) is 1.